The zero-order valence-electron chi connectivity index (χ0n) is 18.8. The second-order valence-corrected chi connectivity index (χ2v) is 7.38. The number of nitrogens with zero attached hydrogens (tertiary/aromatic N) is 3. The van der Waals surface area contributed by atoms with Gasteiger partial charge in [0.2, 0.25) is 0 Å². The molecule has 4 rings (SSSR count). The number of anilines is 1. The molecule has 8 nitrogen and oxygen atoms in total. The molecule has 0 unspecified atom stereocenters. The molecule has 4 aromatic rings. The van der Waals surface area contributed by atoms with Crippen LogP contribution in [0.3, 0.4) is 0 Å². The van der Waals surface area contributed by atoms with Gasteiger partial charge in [-0.25, -0.2) is 0 Å². The van der Waals surface area contributed by atoms with Gasteiger partial charge in [-0.3, -0.25) is 14.5 Å². The van der Waals surface area contributed by atoms with Crippen LogP contribution in [0.5, 0.6) is 0 Å². The Morgan fingerprint density at radius 2 is 1.74 bits per heavy atom. The molecule has 2 aromatic heterocycles. The van der Waals surface area contributed by atoms with Gasteiger partial charge in [0.15, 0.2) is 11.7 Å². The van der Waals surface area contributed by atoms with Gasteiger partial charge in [0.25, 0.3) is 5.91 Å². The molecule has 0 aliphatic carbocycles. The van der Waals surface area contributed by atoms with Gasteiger partial charge in [0.1, 0.15) is 0 Å². The third-order valence-electron chi connectivity index (χ3n) is 5.10. The Hall–Kier alpha value is -3.60. The summed E-state index contributed by atoms with van der Waals surface area (Å²) < 4.78 is 7.02. The number of benzene rings is 2. The van der Waals surface area contributed by atoms with Crippen molar-refractivity contribution in [1.82, 2.24) is 20.4 Å². The van der Waals surface area contributed by atoms with Crippen LogP contribution >= 0.6 is 24.0 Å². The highest BCUT2D eigenvalue weighted by Gasteiger charge is 2.09. The number of amides is 1. The van der Waals surface area contributed by atoms with E-state index >= 15 is 0 Å². The minimum Gasteiger partial charge on any atom is -0.459 e. The van der Waals surface area contributed by atoms with Crippen molar-refractivity contribution in [3.63, 3.8) is 0 Å². The molecule has 1 amide bonds. The summed E-state index contributed by atoms with van der Waals surface area (Å²) in [6.45, 7) is 1.97. The number of rotatable bonds is 8. The summed E-state index contributed by atoms with van der Waals surface area (Å²) in [6.07, 6.45) is 5.22. The molecular weight excluding hydrogens is 543 g/mol. The van der Waals surface area contributed by atoms with E-state index in [1.807, 2.05) is 53.3 Å². The number of carbonyl (C=O) groups excluding carboxylic acids is 1. The first-order valence-electron chi connectivity index (χ1n) is 10.6. The highest BCUT2D eigenvalue weighted by molar-refractivity contribution is 14.0. The summed E-state index contributed by atoms with van der Waals surface area (Å²) in [5, 5.41) is 13.8. The molecule has 0 saturated heterocycles. The normalized spacial score (nSPS) is 10.9. The Morgan fingerprint density at radius 1 is 0.971 bits per heavy atom. The third-order valence-corrected chi connectivity index (χ3v) is 5.10. The number of aliphatic imine (C=N–C) groups is 1. The first kappa shape index (κ1) is 25.0. The first-order chi connectivity index (χ1) is 16.2. The van der Waals surface area contributed by atoms with E-state index in [1.54, 1.807) is 25.4 Å². The maximum atomic E-state index is 12.1. The van der Waals surface area contributed by atoms with Crippen LogP contribution in [0.2, 0.25) is 0 Å². The maximum absolute atomic E-state index is 12.1. The number of aromatic nitrogens is 2. The third kappa shape index (κ3) is 6.95. The van der Waals surface area contributed by atoms with Crippen LogP contribution in [-0.2, 0) is 19.6 Å². The lowest BCUT2D eigenvalue weighted by atomic mass is 10.1. The topological polar surface area (TPSA) is 96.5 Å². The SMILES string of the molecule is CN=C(NCc1ccc(NC(=O)c2ccco2)cc1)NCc1ccccc1Cn1cccn1.I. The van der Waals surface area contributed by atoms with Crippen LogP contribution < -0.4 is 16.0 Å². The quantitative estimate of drug-likeness (QED) is 0.167. The van der Waals surface area contributed by atoms with E-state index in [0.717, 1.165) is 12.1 Å². The molecule has 0 aliphatic heterocycles. The van der Waals surface area contributed by atoms with Crippen molar-refractivity contribution in [2.45, 2.75) is 19.6 Å². The highest BCUT2D eigenvalue weighted by atomic mass is 127. The highest BCUT2D eigenvalue weighted by Crippen LogP contribution is 2.12. The minimum atomic E-state index is -0.275. The second-order valence-electron chi connectivity index (χ2n) is 7.38. The van der Waals surface area contributed by atoms with Gasteiger partial charge in [0, 0.05) is 38.2 Å². The average Bonchev–Trinajstić information content (AvgIpc) is 3.56. The van der Waals surface area contributed by atoms with Crippen LogP contribution in [0, 0.1) is 0 Å². The molecule has 0 spiro atoms. The van der Waals surface area contributed by atoms with Gasteiger partial charge in [-0.1, -0.05) is 36.4 Å². The van der Waals surface area contributed by atoms with Crippen LogP contribution in [0.25, 0.3) is 0 Å². The molecule has 2 heterocycles. The van der Waals surface area contributed by atoms with E-state index in [0.29, 0.717) is 24.7 Å². The first-order valence-corrected chi connectivity index (χ1v) is 10.6. The molecule has 0 saturated carbocycles. The lowest BCUT2D eigenvalue weighted by Gasteiger charge is -2.15. The number of halogens is 1. The van der Waals surface area contributed by atoms with E-state index in [1.165, 1.54) is 17.4 Å². The fourth-order valence-electron chi connectivity index (χ4n) is 3.34. The number of carbonyl (C=O) groups is 1. The van der Waals surface area contributed by atoms with Gasteiger partial charge in [0.05, 0.1) is 12.8 Å². The monoisotopic (exact) mass is 570 g/mol. The zero-order valence-corrected chi connectivity index (χ0v) is 21.1. The number of hydrogen-bond donors (Lipinski definition) is 3. The smallest absolute Gasteiger partial charge is 0.291 e. The van der Waals surface area contributed by atoms with Crippen molar-refractivity contribution >= 4 is 41.5 Å². The number of nitrogens with one attached hydrogen (secondary N) is 3. The fourth-order valence-corrected chi connectivity index (χ4v) is 3.34. The lowest BCUT2D eigenvalue weighted by molar-refractivity contribution is 0.0996. The molecule has 176 valence electrons. The van der Waals surface area contributed by atoms with Gasteiger partial charge in [-0.15, -0.1) is 24.0 Å². The maximum Gasteiger partial charge on any atom is 0.291 e. The standard InChI is InChI=1S/C25H26N6O2.HI/c1-26-25(28-17-20-6-2-3-7-21(20)18-31-14-5-13-29-31)27-16-19-9-11-22(12-10-19)30-24(32)23-8-4-15-33-23;/h2-15H,16-18H2,1H3,(H,30,32)(H2,26,27,28);1H. The summed E-state index contributed by atoms with van der Waals surface area (Å²) in [5.74, 6) is 0.712. The molecular formula is C25H27IN6O2. The van der Waals surface area contributed by atoms with Crippen LogP contribution in [0.1, 0.15) is 27.2 Å². The van der Waals surface area contributed by atoms with Crippen LogP contribution in [0.15, 0.2) is 94.8 Å². The largest absolute Gasteiger partial charge is 0.459 e. The van der Waals surface area contributed by atoms with E-state index < -0.39 is 0 Å². The molecule has 0 aliphatic rings. The Kier molecular flexibility index (Phi) is 9.27. The molecule has 9 heteroatoms. The molecule has 0 fully saturated rings. The van der Waals surface area contributed by atoms with E-state index in [4.69, 9.17) is 4.42 Å². The van der Waals surface area contributed by atoms with Crippen molar-refractivity contribution in [3.05, 3.63) is 108 Å². The molecule has 0 radical (unpaired) electrons. The van der Waals surface area contributed by atoms with E-state index in [2.05, 4.69) is 38.2 Å². The predicted molar refractivity (Wildman–Crippen MR) is 143 cm³/mol. The molecule has 3 N–H and O–H groups in total. The van der Waals surface area contributed by atoms with E-state index in [9.17, 15) is 4.79 Å². The molecule has 0 atom stereocenters. The van der Waals surface area contributed by atoms with Crippen LogP contribution in [-0.4, -0.2) is 28.7 Å². The summed E-state index contributed by atoms with van der Waals surface area (Å²) in [5.41, 5.74) is 4.16. The molecule has 2 aromatic carbocycles. The Bertz CT molecular complexity index is 1190. The summed E-state index contributed by atoms with van der Waals surface area (Å²) in [6, 6.07) is 21.2. The van der Waals surface area contributed by atoms with Crippen LogP contribution in [0.4, 0.5) is 5.69 Å². The Morgan fingerprint density at radius 3 is 2.41 bits per heavy atom. The van der Waals surface area contributed by atoms with Crippen molar-refractivity contribution in [2.24, 2.45) is 4.99 Å². The summed E-state index contributed by atoms with van der Waals surface area (Å²) in [7, 11) is 1.75. The minimum absolute atomic E-state index is 0. The summed E-state index contributed by atoms with van der Waals surface area (Å²) >= 11 is 0. The fraction of sp³-hybridized carbons (Fsp3) is 0.160. The van der Waals surface area contributed by atoms with Gasteiger partial charge in [-0.2, -0.15) is 5.10 Å². The van der Waals surface area contributed by atoms with Crippen molar-refractivity contribution in [1.29, 1.82) is 0 Å². The second kappa shape index (κ2) is 12.6. The number of furan rings is 1. The lowest BCUT2D eigenvalue weighted by Crippen LogP contribution is -2.36. The summed E-state index contributed by atoms with van der Waals surface area (Å²) in [4.78, 5) is 16.4. The average molecular weight is 570 g/mol. The van der Waals surface area contributed by atoms with E-state index in [-0.39, 0.29) is 35.6 Å². The van der Waals surface area contributed by atoms with Crippen molar-refractivity contribution in [2.75, 3.05) is 12.4 Å². The van der Waals surface area contributed by atoms with Gasteiger partial charge in [-0.05, 0) is 47.0 Å². The Labute approximate surface area is 215 Å². The molecule has 34 heavy (non-hydrogen) atoms. The predicted octanol–water partition coefficient (Wildman–Crippen LogP) is 4.26. The number of guanidine groups is 1. The molecule has 0 bridgehead atoms. The zero-order chi connectivity index (χ0) is 22.9. The number of hydrogen-bond acceptors (Lipinski definition) is 4. The Balaban J connectivity index is 0.00000324. The van der Waals surface area contributed by atoms with Crippen molar-refractivity contribution < 1.29 is 9.21 Å². The van der Waals surface area contributed by atoms with Gasteiger partial charge >= 0.3 is 0 Å². The van der Waals surface area contributed by atoms with Gasteiger partial charge < -0.3 is 20.4 Å². The van der Waals surface area contributed by atoms with Crippen molar-refractivity contribution in [3.8, 4) is 0 Å².